The van der Waals surface area contributed by atoms with Crippen molar-refractivity contribution in [3.05, 3.63) is 12.3 Å². The first kappa shape index (κ1) is 11.5. The third kappa shape index (κ3) is 2.55. The number of nitrogen functional groups attached to an aromatic ring is 1. The molecule has 2 rings (SSSR count). The Balaban J connectivity index is 1.76. The Bertz CT molecular complexity index is 343. The lowest BCUT2D eigenvalue weighted by atomic mass is 10.0. The van der Waals surface area contributed by atoms with Crippen LogP contribution in [-0.2, 0) is 6.54 Å². The minimum absolute atomic E-state index is 0.392. The van der Waals surface area contributed by atoms with Crippen LogP contribution in [0.25, 0.3) is 0 Å². The molecule has 4 heteroatoms. The first-order valence-electron chi connectivity index (χ1n) is 6.12. The minimum atomic E-state index is 0.392. The maximum Gasteiger partial charge on any atom is 0.145 e. The van der Waals surface area contributed by atoms with Gasteiger partial charge in [-0.1, -0.05) is 0 Å². The number of aromatic nitrogens is 2. The summed E-state index contributed by atoms with van der Waals surface area (Å²) in [4.78, 5) is 2.58. The van der Waals surface area contributed by atoms with Gasteiger partial charge in [-0.2, -0.15) is 5.10 Å². The summed E-state index contributed by atoms with van der Waals surface area (Å²) in [6.07, 6.45) is 5.75. The molecular weight excluding hydrogens is 200 g/mol. The van der Waals surface area contributed by atoms with E-state index in [1.54, 1.807) is 0 Å². The Morgan fingerprint density at radius 2 is 2.25 bits per heavy atom. The maximum atomic E-state index is 5.57. The summed E-state index contributed by atoms with van der Waals surface area (Å²) in [7, 11) is 0. The molecule has 0 bridgehead atoms. The van der Waals surface area contributed by atoms with Crippen LogP contribution in [0.2, 0.25) is 0 Å². The van der Waals surface area contributed by atoms with Crippen molar-refractivity contribution in [2.75, 3.05) is 18.8 Å². The van der Waals surface area contributed by atoms with Crippen LogP contribution in [-0.4, -0.2) is 33.3 Å². The zero-order valence-electron chi connectivity index (χ0n) is 10.3. The van der Waals surface area contributed by atoms with Gasteiger partial charge in [0.2, 0.25) is 0 Å². The highest BCUT2D eigenvalue weighted by Crippen LogP contribution is 2.27. The first-order valence-corrected chi connectivity index (χ1v) is 6.12. The molecule has 0 amide bonds. The molecule has 0 aliphatic carbocycles. The van der Waals surface area contributed by atoms with E-state index in [1.807, 2.05) is 16.9 Å². The number of likely N-dealkylation sites (tertiary alicyclic amines) is 1. The summed E-state index contributed by atoms with van der Waals surface area (Å²) in [6, 6.07) is 1.85. The molecule has 1 aliphatic rings. The normalized spacial score (nSPS) is 20.4. The zero-order chi connectivity index (χ0) is 11.6. The third-order valence-electron chi connectivity index (χ3n) is 3.55. The van der Waals surface area contributed by atoms with Gasteiger partial charge in [0.05, 0.1) is 0 Å². The van der Waals surface area contributed by atoms with Crippen molar-refractivity contribution in [1.82, 2.24) is 14.7 Å². The van der Waals surface area contributed by atoms with Gasteiger partial charge in [0, 0.05) is 24.8 Å². The number of nitrogens with zero attached hydrogens (tertiary/aromatic N) is 3. The van der Waals surface area contributed by atoms with Gasteiger partial charge in [0.15, 0.2) is 0 Å². The van der Waals surface area contributed by atoms with E-state index < -0.39 is 0 Å². The van der Waals surface area contributed by atoms with E-state index >= 15 is 0 Å². The van der Waals surface area contributed by atoms with Crippen LogP contribution in [0.3, 0.4) is 0 Å². The number of hydrogen-bond donors (Lipinski definition) is 1. The van der Waals surface area contributed by atoms with Crippen LogP contribution in [0.4, 0.5) is 5.82 Å². The zero-order valence-corrected chi connectivity index (χ0v) is 10.3. The summed E-state index contributed by atoms with van der Waals surface area (Å²) in [6.45, 7) is 8.04. The lowest BCUT2D eigenvalue weighted by molar-refractivity contribution is 0.170. The second-order valence-corrected chi connectivity index (χ2v) is 5.26. The van der Waals surface area contributed by atoms with Crippen molar-refractivity contribution in [1.29, 1.82) is 0 Å². The fourth-order valence-corrected chi connectivity index (χ4v) is 2.50. The van der Waals surface area contributed by atoms with Gasteiger partial charge in [-0.25, -0.2) is 0 Å². The van der Waals surface area contributed by atoms with E-state index in [4.69, 9.17) is 5.73 Å². The van der Waals surface area contributed by atoms with Crippen LogP contribution in [0.15, 0.2) is 12.3 Å². The third-order valence-corrected chi connectivity index (χ3v) is 3.55. The van der Waals surface area contributed by atoms with Gasteiger partial charge in [-0.15, -0.1) is 0 Å². The summed E-state index contributed by atoms with van der Waals surface area (Å²) < 4.78 is 1.93. The lowest BCUT2D eigenvalue weighted by Gasteiger charge is -2.31. The van der Waals surface area contributed by atoms with Gasteiger partial charge in [-0.05, 0) is 45.7 Å². The van der Waals surface area contributed by atoms with Crippen molar-refractivity contribution < 1.29 is 0 Å². The molecule has 16 heavy (non-hydrogen) atoms. The lowest BCUT2D eigenvalue weighted by Crippen LogP contribution is -2.38. The molecule has 0 aromatic carbocycles. The average Bonchev–Trinajstić information content (AvgIpc) is 2.74. The van der Waals surface area contributed by atoms with Gasteiger partial charge in [0.1, 0.15) is 5.82 Å². The van der Waals surface area contributed by atoms with Crippen LogP contribution in [0.5, 0.6) is 0 Å². The van der Waals surface area contributed by atoms with E-state index in [9.17, 15) is 0 Å². The Morgan fingerprint density at radius 1 is 1.44 bits per heavy atom. The van der Waals surface area contributed by atoms with E-state index in [-0.39, 0.29) is 0 Å². The van der Waals surface area contributed by atoms with E-state index in [1.165, 1.54) is 19.4 Å². The minimum Gasteiger partial charge on any atom is -0.382 e. The second kappa shape index (κ2) is 4.45. The number of aryl methyl sites for hydroxylation is 1. The molecule has 0 atom stereocenters. The topological polar surface area (TPSA) is 47.1 Å². The largest absolute Gasteiger partial charge is 0.382 e. The van der Waals surface area contributed by atoms with Crippen LogP contribution in [0.1, 0.15) is 33.1 Å². The molecule has 2 heterocycles. The SMILES string of the molecule is CC1(C)CCCN1CCCn1ccc(N)n1. The number of nitrogens with two attached hydrogens (primary N) is 1. The van der Waals surface area contributed by atoms with Gasteiger partial charge in [0.25, 0.3) is 0 Å². The van der Waals surface area contributed by atoms with Crippen molar-refractivity contribution in [2.45, 2.75) is 45.2 Å². The van der Waals surface area contributed by atoms with Gasteiger partial charge < -0.3 is 5.73 Å². The predicted octanol–water partition coefficient (Wildman–Crippen LogP) is 1.73. The van der Waals surface area contributed by atoms with Crippen LogP contribution >= 0.6 is 0 Å². The highest BCUT2D eigenvalue weighted by molar-refractivity contribution is 5.23. The van der Waals surface area contributed by atoms with Crippen molar-refractivity contribution >= 4 is 5.82 Å². The summed E-state index contributed by atoms with van der Waals surface area (Å²) >= 11 is 0. The fraction of sp³-hybridized carbons (Fsp3) is 0.750. The average molecular weight is 222 g/mol. The molecule has 1 aliphatic heterocycles. The molecule has 4 nitrogen and oxygen atoms in total. The molecule has 1 saturated heterocycles. The number of rotatable bonds is 4. The second-order valence-electron chi connectivity index (χ2n) is 5.26. The van der Waals surface area contributed by atoms with Crippen molar-refractivity contribution in [2.24, 2.45) is 0 Å². The molecule has 0 unspecified atom stereocenters. The smallest absolute Gasteiger partial charge is 0.145 e. The number of anilines is 1. The first-order chi connectivity index (χ1) is 7.58. The number of hydrogen-bond acceptors (Lipinski definition) is 3. The van der Waals surface area contributed by atoms with Crippen LogP contribution in [0, 0.1) is 0 Å². The molecule has 1 aromatic heterocycles. The monoisotopic (exact) mass is 222 g/mol. The molecule has 0 radical (unpaired) electrons. The molecular formula is C12H22N4. The molecule has 1 fully saturated rings. The Hall–Kier alpha value is -1.03. The predicted molar refractivity (Wildman–Crippen MR) is 66.1 cm³/mol. The molecule has 90 valence electrons. The summed E-state index contributed by atoms with van der Waals surface area (Å²) in [5.41, 5.74) is 5.97. The van der Waals surface area contributed by atoms with Gasteiger partial charge >= 0.3 is 0 Å². The Labute approximate surface area is 97.4 Å². The van der Waals surface area contributed by atoms with E-state index in [2.05, 4.69) is 23.8 Å². The molecule has 1 aromatic rings. The molecule has 0 saturated carbocycles. The molecule has 0 spiro atoms. The summed E-state index contributed by atoms with van der Waals surface area (Å²) in [5, 5.41) is 4.19. The maximum absolute atomic E-state index is 5.57. The quantitative estimate of drug-likeness (QED) is 0.844. The van der Waals surface area contributed by atoms with Gasteiger partial charge in [-0.3, -0.25) is 9.58 Å². The standard InChI is InChI=1S/C12H22N4/c1-12(2)6-3-7-15(12)8-4-9-16-10-5-11(13)14-16/h5,10H,3-4,6-9H2,1-2H3,(H2,13,14). The van der Waals surface area contributed by atoms with E-state index in [0.717, 1.165) is 19.5 Å². The van der Waals surface area contributed by atoms with Crippen molar-refractivity contribution in [3.8, 4) is 0 Å². The highest BCUT2D eigenvalue weighted by atomic mass is 15.3. The highest BCUT2D eigenvalue weighted by Gasteiger charge is 2.30. The molecule has 2 N–H and O–H groups in total. The van der Waals surface area contributed by atoms with Crippen LogP contribution < -0.4 is 5.73 Å². The van der Waals surface area contributed by atoms with E-state index in [0.29, 0.717) is 11.4 Å². The van der Waals surface area contributed by atoms with Crippen molar-refractivity contribution in [3.63, 3.8) is 0 Å². The fourth-order valence-electron chi connectivity index (χ4n) is 2.50. The Morgan fingerprint density at radius 3 is 2.81 bits per heavy atom. The summed E-state index contributed by atoms with van der Waals surface area (Å²) in [5.74, 6) is 0.613. The Kier molecular flexibility index (Phi) is 3.19.